The molecule has 0 radical (unpaired) electrons. The number of rotatable bonds is 3. The SMILES string of the molecule is O=C(O)COc1cc(Cl)c(Cl)cc1Cl.[H-].[Na+]. The van der Waals surface area contributed by atoms with E-state index in [-0.39, 0.29) is 46.8 Å². The van der Waals surface area contributed by atoms with Crippen LogP contribution in [0.25, 0.3) is 0 Å². The number of halogens is 3. The fourth-order valence-corrected chi connectivity index (χ4v) is 1.35. The topological polar surface area (TPSA) is 46.5 Å². The zero-order chi connectivity index (χ0) is 10.7. The van der Waals surface area contributed by atoms with Crippen LogP contribution in [0.1, 0.15) is 1.43 Å². The molecule has 1 aromatic carbocycles. The Morgan fingerprint density at radius 3 is 2.33 bits per heavy atom. The second-order valence-electron chi connectivity index (χ2n) is 2.38. The van der Waals surface area contributed by atoms with Crippen LogP contribution in [0.5, 0.6) is 5.75 Å². The maximum atomic E-state index is 10.2. The predicted molar refractivity (Wildman–Crippen MR) is 55.7 cm³/mol. The van der Waals surface area contributed by atoms with Crippen molar-refractivity contribution in [3.8, 4) is 5.75 Å². The molecule has 0 saturated heterocycles. The maximum absolute atomic E-state index is 10.2. The van der Waals surface area contributed by atoms with E-state index in [1.54, 1.807) is 0 Å². The van der Waals surface area contributed by atoms with Crippen LogP contribution in [0.15, 0.2) is 12.1 Å². The van der Waals surface area contributed by atoms with Gasteiger partial charge >= 0.3 is 35.5 Å². The summed E-state index contributed by atoms with van der Waals surface area (Å²) in [7, 11) is 0. The second kappa shape index (κ2) is 6.84. The monoisotopic (exact) mass is 278 g/mol. The summed E-state index contributed by atoms with van der Waals surface area (Å²) in [6, 6.07) is 2.76. The summed E-state index contributed by atoms with van der Waals surface area (Å²) in [6.07, 6.45) is 0. The third-order valence-corrected chi connectivity index (χ3v) is 2.34. The number of ether oxygens (including phenoxy) is 1. The minimum Gasteiger partial charge on any atom is -1.00 e. The molecule has 0 amide bonds. The summed E-state index contributed by atoms with van der Waals surface area (Å²) >= 11 is 17.1. The Kier molecular flexibility index (Phi) is 7.00. The molecule has 1 N–H and O–H groups in total. The van der Waals surface area contributed by atoms with Crippen molar-refractivity contribution in [3.63, 3.8) is 0 Å². The number of carboxylic acids is 1. The van der Waals surface area contributed by atoms with Gasteiger partial charge in [0.2, 0.25) is 0 Å². The molecule has 0 heterocycles. The molecule has 0 aliphatic carbocycles. The van der Waals surface area contributed by atoms with Gasteiger partial charge in [-0.05, 0) is 6.07 Å². The summed E-state index contributed by atoms with van der Waals surface area (Å²) in [5.74, 6) is -0.893. The molecule has 0 unspecified atom stereocenters. The van der Waals surface area contributed by atoms with Crippen molar-refractivity contribution >= 4 is 40.8 Å². The van der Waals surface area contributed by atoms with E-state index in [1.807, 2.05) is 0 Å². The van der Waals surface area contributed by atoms with E-state index in [9.17, 15) is 4.79 Å². The number of carboxylic acid groups (broad SMARTS) is 1. The van der Waals surface area contributed by atoms with Crippen LogP contribution >= 0.6 is 34.8 Å². The fourth-order valence-electron chi connectivity index (χ4n) is 0.754. The van der Waals surface area contributed by atoms with Crippen molar-refractivity contribution in [3.05, 3.63) is 27.2 Å². The summed E-state index contributed by atoms with van der Waals surface area (Å²) in [4.78, 5) is 10.2. The van der Waals surface area contributed by atoms with Gasteiger partial charge < -0.3 is 11.3 Å². The van der Waals surface area contributed by atoms with Crippen LogP contribution in [-0.2, 0) is 4.79 Å². The maximum Gasteiger partial charge on any atom is 1.00 e. The number of aliphatic carboxylic acids is 1. The Balaban J connectivity index is 0. The van der Waals surface area contributed by atoms with Gasteiger partial charge in [0, 0.05) is 6.07 Å². The van der Waals surface area contributed by atoms with Gasteiger partial charge in [-0.1, -0.05) is 34.8 Å². The van der Waals surface area contributed by atoms with Crippen molar-refractivity contribution in [2.45, 2.75) is 0 Å². The standard InChI is InChI=1S/C8H5Cl3O3.Na.H/c9-4-1-6(11)7(2-5(4)10)14-3-8(12)13;;/h1-2H,3H2,(H,12,13);;/q;+1;-1. The smallest absolute Gasteiger partial charge is 1.00 e. The van der Waals surface area contributed by atoms with Gasteiger partial charge in [-0.3, -0.25) is 0 Å². The van der Waals surface area contributed by atoms with Gasteiger partial charge in [0.05, 0.1) is 15.1 Å². The van der Waals surface area contributed by atoms with Gasteiger partial charge in [0.1, 0.15) is 5.75 Å². The Hall–Kier alpha value is 0.360. The molecular formula is C8H6Cl3NaO3. The van der Waals surface area contributed by atoms with E-state index >= 15 is 0 Å². The Morgan fingerprint density at radius 2 is 1.80 bits per heavy atom. The number of hydrogen-bond donors (Lipinski definition) is 1. The van der Waals surface area contributed by atoms with Gasteiger partial charge in [0.25, 0.3) is 0 Å². The molecule has 0 fully saturated rings. The molecule has 3 nitrogen and oxygen atoms in total. The molecule has 1 rings (SSSR count). The molecule has 0 spiro atoms. The van der Waals surface area contributed by atoms with Crippen molar-refractivity contribution in [2.24, 2.45) is 0 Å². The zero-order valence-electron chi connectivity index (χ0n) is 8.76. The average molecular weight is 279 g/mol. The summed E-state index contributed by atoms with van der Waals surface area (Å²) in [5.41, 5.74) is 0. The van der Waals surface area contributed by atoms with E-state index in [1.165, 1.54) is 12.1 Å². The summed E-state index contributed by atoms with van der Waals surface area (Å²) in [6.45, 7) is -0.475. The third-order valence-electron chi connectivity index (χ3n) is 1.33. The van der Waals surface area contributed by atoms with Crippen molar-refractivity contribution in [1.29, 1.82) is 0 Å². The van der Waals surface area contributed by atoms with Crippen LogP contribution in [0.3, 0.4) is 0 Å². The molecule has 7 heteroatoms. The number of benzene rings is 1. The molecule has 0 aromatic heterocycles. The van der Waals surface area contributed by atoms with Crippen LogP contribution in [0, 0.1) is 0 Å². The average Bonchev–Trinajstić information content (AvgIpc) is 2.09. The minimum absolute atomic E-state index is 0. The predicted octanol–water partition coefficient (Wildman–Crippen LogP) is 0.227. The molecule has 0 aliphatic rings. The van der Waals surface area contributed by atoms with Crippen LogP contribution in [0.4, 0.5) is 0 Å². The molecule has 15 heavy (non-hydrogen) atoms. The van der Waals surface area contributed by atoms with Crippen molar-refractivity contribution in [2.75, 3.05) is 6.61 Å². The molecule has 78 valence electrons. The Labute approximate surface area is 125 Å². The van der Waals surface area contributed by atoms with Crippen LogP contribution in [0.2, 0.25) is 15.1 Å². The first kappa shape index (κ1) is 15.4. The van der Waals surface area contributed by atoms with E-state index in [0.29, 0.717) is 5.02 Å². The van der Waals surface area contributed by atoms with Crippen LogP contribution in [-0.4, -0.2) is 17.7 Å². The molecule has 0 atom stereocenters. The van der Waals surface area contributed by atoms with Gasteiger partial charge in [-0.15, -0.1) is 0 Å². The first-order valence-electron chi connectivity index (χ1n) is 3.50. The van der Waals surface area contributed by atoms with Gasteiger partial charge in [-0.25, -0.2) is 4.79 Å². The molecule has 1 aromatic rings. The van der Waals surface area contributed by atoms with Crippen molar-refractivity contribution < 1.29 is 45.6 Å². The molecular weight excluding hydrogens is 273 g/mol. The molecule has 0 aliphatic heterocycles. The van der Waals surface area contributed by atoms with E-state index in [4.69, 9.17) is 44.6 Å². The van der Waals surface area contributed by atoms with E-state index < -0.39 is 12.6 Å². The van der Waals surface area contributed by atoms with E-state index in [2.05, 4.69) is 0 Å². The van der Waals surface area contributed by atoms with E-state index in [0.717, 1.165) is 0 Å². The zero-order valence-corrected chi connectivity index (χ0v) is 12.0. The number of hydrogen-bond acceptors (Lipinski definition) is 2. The Morgan fingerprint density at radius 1 is 1.27 bits per heavy atom. The minimum atomic E-state index is -1.09. The van der Waals surface area contributed by atoms with Gasteiger partial charge in [0.15, 0.2) is 6.61 Å². The van der Waals surface area contributed by atoms with Crippen LogP contribution < -0.4 is 34.3 Å². The molecule has 0 saturated carbocycles. The Bertz CT molecular complexity index is 376. The first-order chi connectivity index (χ1) is 6.50. The van der Waals surface area contributed by atoms with Gasteiger partial charge in [-0.2, -0.15) is 0 Å². The normalized spacial score (nSPS) is 9.27. The summed E-state index contributed by atoms with van der Waals surface area (Å²) < 4.78 is 4.86. The summed E-state index contributed by atoms with van der Waals surface area (Å²) in [5, 5.41) is 9.14. The van der Waals surface area contributed by atoms with Crippen molar-refractivity contribution in [1.82, 2.24) is 0 Å². The first-order valence-corrected chi connectivity index (χ1v) is 4.63. The third kappa shape index (κ3) is 4.81. The fraction of sp³-hybridized carbons (Fsp3) is 0.125. The molecule has 0 bridgehead atoms. The second-order valence-corrected chi connectivity index (χ2v) is 3.60. The largest absolute Gasteiger partial charge is 1.00 e. The quantitative estimate of drug-likeness (QED) is 0.636. The number of carbonyl (C=O) groups is 1.